The minimum Gasteiger partial charge on any atom is -0.376 e. The number of ether oxygens (including phenoxy) is 1. The number of aromatic nitrogens is 1. The van der Waals surface area contributed by atoms with Gasteiger partial charge in [-0.15, -0.1) is 0 Å². The van der Waals surface area contributed by atoms with E-state index in [1.54, 1.807) is 0 Å². The average Bonchev–Trinajstić information content (AvgIpc) is 3.10. The highest BCUT2D eigenvalue weighted by atomic mass is 16.5. The molecule has 1 saturated heterocycles. The van der Waals surface area contributed by atoms with Crippen LogP contribution in [0.2, 0.25) is 0 Å². The van der Waals surface area contributed by atoms with Gasteiger partial charge in [-0.2, -0.15) is 0 Å². The summed E-state index contributed by atoms with van der Waals surface area (Å²) >= 11 is 0. The molecule has 3 nitrogen and oxygen atoms in total. The normalized spacial score (nSPS) is 18.9. The maximum absolute atomic E-state index is 5.75. The molecule has 0 aliphatic carbocycles. The highest BCUT2D eigenvalue weighted by Crippen LogP contribution is 2.21. The van der Waals surface area contributed by atoms with Crippen molar-refractivity contribution in [2.75, 3.05) is 13.2 Å². The fraction of sp³-hybridized carbons (Fsp3) is 0.529. The largest absolute Gasteiger partial charge is 0.376 e. The quantitative estimate of drug-likeness (QED) is 0.816. The van der Waals surface area contributed by atoms with Crippen molar-refractivity contribution < 1.29 is 4.74 Å². The number of fused-ring (bicyclic) bond motifs is 1. The highest BCUT2D eigenvalue weighted by molar-refractivity contribution is 5.80. The van der Waals surface area contributed by atoms with E-state index in [0.717, 1.165) is 26.2 Å². The molecule has 108 valence electrons. The van der Waals surface area contributed by atoms with E-state index in [-0.39, 0.29) is 0 Å². The van der Waals surface area contributed by atoms with Gasteiger partial charge in [0, 0.05) is 31.4 Å². The molecule has 0 bridgehead atoms. The van der Waals surface area contributed by atoms with Crippen molar-refractivity contribution in [2.24, 2.45) is 0 Å². The van der Waals surface area contributed by atoms with Crippen LogP contribution in [-0.2, 0) is 17.8 Å². The van der Waals surface area contributed by atoms with Gasteiger partial charge >= 0.3 is 0 Å². The summed E-state index contributed by atoms with van der Waals surface area (Å²) in [6, 6.07) is 8.96. The van der Waals surface area contributed by atoms with Crippen LogP contribution in [0.3, 0.4) is 0 Å². The molecule has 1 aromatic heterocycles. The van der Waals surface area contributed by atoms with Crippen LogP contribution in [-0.4, -0.2) is 23.8 Å². The Balaban J connectivity index is 1.76. The van der Waals surface area contributed by atoms with Crippen molar-refractivity contribution in [3.8, 4) is 0 Å². The van der Waals surface area contributed by atoms with Crippen molar-refractivity contribution in [3.63, 3.8) is 0 Å². The number of nitrogens with zero attached hydrogens (tertiary/aromatic N) is 1. The molecule has 0 radical (unpaired) electrons. The van der Waals surface area contributed by atoms with Crippen LogP contribution in [0.1, 0.15) is 31.7 Å². The molecule has 0 spiro atoms. The van der Waals surface area contributed by atoms with Crippen molar-refractivity contribution in [1.82, 2.24) is 9.88 Å². The fourth-order valence-corrected chi connectivity index (χ4v) is 2.92. The van der Waals surface area contributed by atoms with Gasteiger partial charge in [0.1, 0.15) is 0 Å². The third-order valence-corrected chi connectivity index (χ3v) is 4.02. The van der Waals surface area contributed by atoms with E-state index in [9.17, 15) is 0 Å². The van der Waals surface area contributed by atoms with Gasteiger partial charge < -0.3 is 14.6 Å². The Hall–Kier alpha value is -1.32. The molecule has 1 aliphatic heterocycles. The van der Waals surface area contributed by atoms with Crippen LogP contribution in [0.4, 0.5) is 0 Å². The highest BCUT2D eigenvalue weighted by Gasteiger charge is 2.16. The molecule has 0 amide bonds. The molecule has 1 aromatic carbocycles. The minimum absolute atomic E-state index is 0.396. The van der Waals surface area contributed by atoms with Crippen molar-refractivity contribution in [1.29, 1.82) is 0 Å². The molecule has 20 heavy (non-hydrogen) atoms. The van der Waals surface area contributed by atoms with Crippen LogP contribution in [0.15, 0.2) is 30.5 Å². The number of nitrogens with one attached hydrogen (secondary N) is 1. The van der Waals surface area contributed by atoms with E-state index in [2.05, 4.69) is 47.3 Å². The standard InChI is InChI=1S/C17H24N2O/c1-2-8-18-12-14-5-6-15-7-9-19(17(15)11-14)13-16-4-3-10-20-16/h5-7,9,11,16,18H,2-4,8,10,12-13H2,1H3. The minimum atomic E-state index is 0.396. The number of hydrogen-bond acceptors (Lipinski definition) is 2. The number of rotatable bonds is 6. The first-order valence-electron chi connectivity index (χ1n) is 7.77. The van der Waals surface area contributed by atoms with Gasteiger partial charge in [0.25, 0.3) is 0 Å². The lowest BCUT2D eigenvalue weighted by molar-refractivity contribution is 0.0980. The van der Waals surface area contributed by atoms with Gasteiger partial charge in [-0.3, -0.25) is 0 Å². The van der Waals surface area contributed by atoms with Gasteiger partial charge in [-0.05, 0) is 48.9 Å². The van der Waals surface area contributed by atoms with Gasteiger partial charge in [0.05, 0.1) is 6.10 Å². The molecule has 1 aliphatic rings. The summed E-state index contributed by atoms with van der Waals surface area (Å²) in [6.07, 6.45) is 6.16. The predicted octanol–water partition coefficient (Wildman–Crippen LogP) is 3.32. The maximum Gasteiger partial charge on any atom is 0.0754 e. The fourth-order valence-electron chi connectivity index (χ4n) is 2.92. The Morgan fingerprint density at radius 3 is 3.10 bits per heavy atom. The lowest BCUT2D eigenvalue weighted by Crippen LogP contribution is -2.15. The third-order valence-electron chi connectivity index (χ3n) is 4.02. The number of hydrogen-bond donors (Lipinski definition) is 1. The summed E-state index contributed by atoms with van der Waals surface area (Å²) in [4.78, 5) is 0. The number of benzene rings is 1. The Bertz CT molecular complexity index is 555. The molecular weight excluding hydrogens is 248 g/mol. The maximum atomic E-state index is 5.75. The van der Waals surface area contributed by atoms with Crippen LogP contribution < -0.4 is 5.32 Å². The summed E-state index contributed by atoms with van der Waals surface area (Å²) < 4.78 is 8.09. The summed E-state index contributed by atoms with van der Waals surface area (Å²) in [5.41, 5.74) is 2.69. The van der Waals surface area contributed by atoms with E-state index in [4.69, 9.17) is 4.74 Å². The smallest absolute Gasteiger partial charge is 0.0754 e. The van der Waals surface area contributed by atoms with Crippen molar-refractivity contribution in [3.05, 3.63) is 36.0 Å². The van der Waals surface area contributed by atoms with E-state index >= 15 is 0 Å². The molecule has 2 aromatic rings. The molecule has 1 unspecified atom stereocenters. The molecule has 3 rings (SSSR count). The zero-order valence-electron chi connectivity index (χ0n) is 12.3. The molecule has 3 heteroatoms. The Labute approximate surface area is 120 Å². The molecule has 1 atom stereocenters. The second kappa shape index (κ2) is 6.42. The first-order chi connectivity index (χ1) is 9.86. The lowest BCUT2D eigenvalue weighted by Gasteiger charge is -2.12. The van der Waals surface area contributed by atoms with Crippen molar-refractivity contribution >= 4 is 10.9 Å². The lowest BCUT2D eigenvalue weighted by atomic mass is 10.1. The van der Waals surface area contributed by atoms with Gasteiger partial charge in [0.15, 0.2) is 0 Å². The van der Waals surface area contributed by atoms with Gasteiger partial charge in [-0.25, -0.2) is 0 Å². The zero-order chi connectivity index (χ0) is 13.8. The van der Waals surface area contributed by atoms with E-state index in [0.29, 0.717) is 6.10 Å². The summed E-state index contributed by atoms with van der Waals surface area (Å²) in [5.74, 6) is 0. The molecule has 0 saturated carbocycles. The zero-order valence-corrected chi connectivity index (χ0v) is 12.3. The third kappa shape index (κ3) is 3.05. The summed E-state index contributed by atoms with van der Waals surface area (Å²) in [6.45, 7) is 6.14. The van der Waals surface area contributed by atoms with Gasteiger partial charge in [-0.1, -0.05) is 19.1 Å². The first kappa shape index (κ1) is 13.7. The van der Waals surface area contributed by atoms with Crippen molar-refractivity contribution in [2.45, 2.75) is 45.4 Å². The average molecular weight is 272 g/mol. The monoisotopic (exact) mass is 272 g/mol. The SMILES string of the molecule is CCCNCc1ccc2ccn(CC3CCCO3)c2c1. The second-order valence-electron chi connectivity index (χ2n) is 5.67. The molecule has 1 N–H and O–H groups in total. The Morgan fingerprint density at radius 1 is 1.35 bits per heavy atom. The van der Waals surface area contributed by atoms with E-state index < -0.39 is 0 Å². The van der Waals surface area contributed by atoms with E-state index in [1.807, 2.05) is 0 Å². The molecular formula is C17H24N2O. The van der Waals surface area contributed by atoms with E-state index in [1.165, 1.54) is 35.7 Å². The summed E-state index contributed by atoms with van der Waals surface area (Å²) in [7, 11) is 0. The van der Waals surface area contributed by atoms with Crippen LogP contribution in [0, 0.1) is 0 Å². The van der Waals surface area contributed by atoms with Gasteiger partial charge in [0.2, 0.25) is 0 Å². The van der Waals surface area contributed by atoms with Crippen LogP contribution in [0.5, 0.6) is 0 Å². The molecule has 1 fully saturated rings. The Morgan fingerprint density at radius 2 is 2.30 bits per heavy atom. The Kier molecular flexibility index (Phi) is 4.38. The predicted molar refractivity (Wildman–Crippen MR) is 82.9 cm³/mol. The topological polar surface area (TPSA) is 26.2 Å². The first-order valence-corrected chi connectivity index (χ1v) is 7.77. The van der Waals surface area contributed by atoms with Crippen LogP contribution in [0.25, 0.3) is 10.9 Å². The second-order valence-corrected chi connectivity index (χ2v) is 5.67. The van der Waals surface area contributed by atoms with Crippen LogP contribution >= 0.6 is 0 Å². The summed E-state index contributed by atoms with van der Waals surface area (Å²) in [5, 5.41) is 4.79. The molecule has 2 heterocycles.